The van der Waals surface area contributed by atoms with E-state index in [0.29, 0.717) is 5.56 Å². The van der Waals surface area contributed by atoms with Crippen LogP contribution in [0.2, 0.25) is 0 Å². The van der Waals surface area contributed by atoms with E-state index < -0.39 is 46.0 Å². The molecule has 9 heteroatoms. The highest BCUT2D eigenvalue weighted by molar-refractivity contribution is 7.92. The maximum atomic E-state index is 13.3. The van der Waals surface area contributed by atoms with Crippen molar-refractivity contribution in [1.29, 1.82) is 0 Å². The molecule has 0 radical (unpaired) electrons. The first-order valence-electron chi connectivity index (χ1n) is 9.25. The number of rotatable bonds is 7. The summed E-state index contributed by atoms with van der Waals surface area (Å²) in [6, 6.07) is 13.8. The Morgan fingerprint density at radius 3 is 1.81 bits per heavy atom. The van der Waals surface area contributed by atoms with Gasteiger partial charge in [-0.05, 0) is 73.2 Å². The highest BCUT2D eigenvalue weighted by Crippen LogP contribution is 2.24. The summed E-state index contributed by atoms with van der Waals surface area (Å²) in [5.74, 6) is -2.24. The standard InChI is InChI=1S/C22H19F3N2O3S/c1-15(16-2-4-17(23)5-3-16)26-22(28)14-27(20-10-6-18(24)7-11-20)31(29,30)21-12-8-19(25)9-13-21/h2-13,15H,14H2,1H3,(H,26,28)/t15-/m1/s1. The summed E-state index contributed by atoms with van der Waals surface area (Å²) in [4.78, 5) is 12.4. The van der Waals surface area contributed by atoms with Gasteiger partial charge in [-0.1, -0.05) is 12.1 Å². The molecule has 0 aromatic heterocycles. The molecule has 162 valence electrons. The predicted octanol–water partition coefficient (Wildman–Crippen LogP) is 4.18. The molecule has 3 aromatic rings. The summed E-state index contributed by atoms with van der Waals surface area (Å²) >= 11 is 0. The molecule has 0 spiro atoms. The third kappa shape index (κ3) is 5.43. The van der Waals surface area contributed by atoms with Gasteiger partial charge >= 0.3 is 0 Å². The van der Waals surface area contributed by atoms with Crippen molar-refractivity contribution in [2.75, 3.05) is 10.8 Å². The first-order chi connectivity index (χ1) is 14.7. The summed E-state index contributed by atoms with van der Waals surface area (Å²) in [6.45, 7) is 1.07. The second-order valence-corrected chi connectivity index (χ2v) is 8.65. The molecule has 0 aliphatic carbocycles. The number of nitrogens with zero attached hydrogens (tertiary/aromatic N) is 1. The second-order valence-electron chi connectivity index (χ2n) is 6.78. The topological polar surface area (TPSA) is 66.5 Å². The number of halogens is 3. The minimum absolute atomic E-state index is 0.0651. The molecule has 1 atom stereocenters. The van der Waals surface area contributed by atoms with Crippen LogP contribution in [-0.4, -0.2) is 20.9 Å². The van der Waals surface area contributed by atoms with Gasteiger partial charge in [-0.3, -0.25) is 9.10 Å². The van der Waals surface area contributed by atoms with Gasteiger partial charge in [0.2, 0.25) is 5.91 Å². The lowest BCUT2D eigenvalue weighted by Gasteiger charge is -2.25. The SMILES string of the molecule is C[C@@H](NC(=O)CN(c1ccc(F)cc1)S(=O)(=O)c1ccc(F)cc1)c1ccc(F)cc1. The van der Waals surface area contributed by atoms with E-state index in [1.54, 1.807) is 6.92 Å². The molecule has 0 unspecified atom stereocenters. The highest BCUT2D eigenvalue weighted by atomic mass is 32.2. The van der Waals surface area contributed by atoms with Crippen LogP contribution < -0.4 is 9.62 Å². The van der Waals surface area contributed by atoms with Crippen LogP contribution in [0.3, 0.4) is 0 Å². The molecule has 1 N–H and O–H groups in total. The van der Waals surface area contributed by atoms with Gasteiger partial charge in [0.25, 0.3) is 10.0 Å². The number of benzene rings is 3. The molecule has 0 aliphatic heterocycles. The fraction of sp³-hybridized carbons (Fsp3) is 0.136. The van der Waals surface area contributed by atoms with Crippen LogP contribution in [0.4, 0.5) is 18.9 Å². The largest absolute Gasteiger partial charge is 0.348 e. The van der Waals surface area contributed by atoms with Gasteiger partial charge in [-0.2, -0.15) is 0 Å². The fourth-order valence-electron chi connectivity index (χ4n) is 2.91. The Bertz CT molecular complexity index is 1150. The van der Waals surface area contributed by atoms with Crippen LogP contribution in [0.25, 0.3) is 0 Å². The van der Waals surface area contributed by atoms with Gasteiger partial charge in [0.05, 0.1) is 16.6 Å². The third-order valence-electron chi connectivity index (χ3n) is 4.55. The van der Waals surface area contributed by atoms with E-state index in [0.717, 1.165) is 40.7 Å². The van der Waals surface area contributed by atoms with Gasteiger partial charge in [0.1, 0.15) is 24.0 Å². The van der Waals surface area contributed by atoms with Crippen molar-refractivity contribution < 1.29 is 26.4 Å². The third-order valence-corrected chi connectivity index (χ3v) is 6.34. The molecule has 0 bridgehead atoms. The number of carbonyl (C=O) groups excluding carboxylic acids is 1. The predicted molar refractivity (Wildman–Crippen MR) is 110 cm³/mol. The van der Waals surface area contributed by atoms with Crippen molar-refractivity contribution in [1.82, 2.24) is 5.32 Å². The Balaban J connectivity index is 1.87. The fourth-order valence-corrected chi connectivity index (χ4v) is 4.33. The maximum Gasteiger partial charge on any atom is 0.264 e. The van der Waals surface area contributed by atoms with Crippen LogP contribution in [-0.2, 0) is 14.8 Å². The zero-order chi connectivity index (χ0) is 22.6. The smallest absolute Gasteiger partial charge is 0.264 e. The number of nitrogens with one attached hydrogen (secondary N) is 1. The van der Waals surface area contributed by atoms with Crippen LogP contribution >= 0.6 is 0 Å². The van der Waals surface area contributed by atoms with Gasteiger partial charge < -0.3 is 5.32 Å². The van der Waals surface area contributed by atoms with Crippen molar-refractivity contribution >= 4 is 21.6 Å². The summed E-state index contributed by atoms with van der Waals surface area (Å²) in [5.41, 5.74) is 0.694. The highest BCUT2D eigenvalue weighted by Gasteiger charge is 2.28. The zero-order valence-electron chi connectivity index (χ0n) is 16.4. The number of anilines is 1. The van der Waals surface area contributed by atoms with Gasteiger partial charge in [0.15, 0.2) is 0 Å². The number of carbonyl (C=O) groups is 1. The summed E-state index contributed by atoms with van der Waals surface area (Å²) in [5, 5.41) is 2.66. The Kier molecular flexibility index (Phi) is 6.65. The van der Waals surface area contributed by atoms with Crippen molar-refractivity contribution in [3.8, 4) is 0 Å². The normalized spacial score (nSPS) is 12.3. The molecule has 0 saturated heterocycles. The Hall–Kier alpha value is -3.33. The maximum absolute atomic E-state index is 13.3. The van der Waals surface area contributed by atoms with E-state index in [1.807, 2.05) is 0 Å². The average Bonchev–Trinajstić information content (AvgIpc) is 2.73. The second kappa shape index (κ2) is 9.22. The number of hydrogen-bond donors (Lipinski definition) is 1. The minimum Gasteiger partial charge on any atom is -0.348 e. The average molecular weight is 448 g/mol. The molecule has 5 nitrogen and oxygen atoms in total. The summed E-state index contributed by atoms with van der Waals surface area (Å²) in [6.07, 6.45) is 0. The van der Waals surface area contributed by atoms with E-state index in [-0.39, 0.29) is 10.6 Å². The number of sulfonamides is 1. The van der Waals surface area contributed by atoms with Gasteiger partial charge in [-0.15, -0.1) is 0 Å². The van der Waals surface area contributed by atoms with Crippen molar-refractivity contribution in [2.24, 2.45) is 0 Å². The van der Waals surface area contributed by atoms with Gasteiger partial charge in [-0.25, -0.2) is 21.6 Å². The van der Waals surface area contributed by atoms with Crippen LogP contribution in [0, 0.1) is 17.5 Å². The van der Waals surface area contributed by atoms with Gasteiger partial charge in [0, 0.05) is 0 Å². The lowest BCUT2D eigenvalue weighted by atomic mass is 10.1. The lowest BCUT2D eigenvalue weighted by Crippen LogP contribution is -2.41. The molecule has 1 amide bonds. The Labute approximate surface area is 178 Å². The molecule has 3 aromatic carbocycles. The molecule has 31 heavy (non-hydrogen) atoms. The molecular formula is C22H19F3N2O3S. The summed E-state index contributed by atoms with van der Waals surface area (Å²) < 4.78 is 66.8. The molecule has 0 aliphatic rings. The molecule has 0 heterocycles. The van der Waals surface area contributed by atoms with E-state index in [2.05, 4.69) is 5.32 Å². The minimum atomic E-state index is -4.25. The molecular weight excluding hydrogens is 429 g/mol. The quantitative estimate of drug-likeness (QED) is 0.590. The Morgan fingerprint density at radius 1 is 0.839 bits per heavy atom. The molecule has 0 fully saturated rings. The van der Waals surface area contributed by atoms with Crippen molar-refractivity contribution in [2.45, 2.75) is 17.9 Å². The van der Waals surface area contributed by atoms with E-state index in [9.17, 15) is 26.4 Å². The first-order valence-corrected chi connectivity index (χ1v) is 10.7. The number of hydrogen-bond acceptors (Lipinski definition) is 3. The van der Waals surface area contributed by atoms with E-state index in [1.165, 1.54) is 36.4 Å². The van der Waals surface area contributed by atoms with Crippen molar-refractivity contribution in [3.05, 3.63) is 95.8 Å². The van der Waals surface area contributed by atoms with E-state index in [4.69, 9.17) is 0 Å². The van der Waals surface area contributed by atoms with Crippen LogP contribution in [0.15, 0.2) is 77.7 Å². The van der Waals surface area contributed by atoms with Crippen LogP contribution in [0.5, 0.6) is 0 Å². The lowest BCUT2D eigenvalue weighted by molar-refractivity contribution is -0.120. The number of amides is 1. The molecule has 0 saturated carbocycles. The summed E-state index contributed by atoms with van der Waals surface area (Å²) in [7, 11) is -4.25. The monoisotopic (exact) mass is 448 g/mol. The molecule has 3 rings (SSSR count). The Morgan fingerprint density at radius 2 is 1.29 bits per heavy atom. The van der Waals surface area contributed by atoms with E-state index >= 15 is 0 Å². The zero-order valence-corrected chi connectivity index (χ0v) is 17.2. The van der Waals surface area contributed by atoms with Crippen molar-refractivity contribution in [3.63, 3.8) is 0 Å². The first kappa shape index (κ1) is 22.4. The van der Waals surface area contributed by atoms with Crippen LogP contribution in [0.1, 0.15) is 18.5 Å².